The topological polar surface area (TPSA) is 81.4 Å². The number of benzene rings is 1. The number of nitrogens with one attached hydrogen (secondary N) is 1. The van der Waals surface area contributed by atoms with Crippen LogP contribution in [0.15, 0.2) is 18.2 Å². The highest BCUT2D eigenvalue weighted by molar-refractivity contribution is 8.00. The molecule has 8 heteroatoms. The predicted octanol–water partition coefficient (Wildman–Crippen LogP) is 2.17. The van der Waals surface area contributed by atoms with Crippen molar-refractivity contribution >= 4 is 52.5 Å². The number of carbonyl (C=O) groups is 2. The summed E-state index contributed by atoms with van der Waals surface area (Å²) in [6, 6.07) is 4.19. The third-order valence-corrected chi connectivity index (χ3v) is 3.95. The second kappa shape index (κ2) is 8.36. The molecule has 1 unspecified atom stereocenters. The van der Waals surface area contributed by atoms with Crippen LogP contribution in [0.4, 0.5) is 5.69 Å². The third kappa shape index (κ3) is 5.20. The number of hydrogen-bond acceptors (Lipinski definition) is 5. The number of rotatable bonds is 6. The summed E-state index contributed by atoms with van der Waals surface area (Å²) < 4.78 is 4.48. The lowest BCUT2D eigenvalue weighted by Gasteiger charge is -2.10. The summed E-state index contributed by atoms with van der Waals surface area (Å²) in [7, 11) is 1.26. The first kappa shape index (κ1) is 17.1. The van der Waals surface area contributed by atoms with Crippen LogP contribution < -0.4 is 11.1 Å². The number of amides is 1. The minimum atomic E-state index is -0.748. The number of esters is 1. The van der Waals surface area contributed by atoms with E-state index in [-0.39, 0.29) is 17.4 Å². The molecule has 0 aromatic heterocycles. The van der Waals surface area contributed by atoms with E-state index in [9.17, 15) is 9.59 Å². The minimum Gasteiger partial charge on any atom is -0.468 e. The van der Waals surface area contributed by atoms with E-state index in [1.807, 2.05) is 0 Å². The Morgan fingerprint density at radius 2 is 2.00 bits per heavy atom. The van der Waals surface area contributed by atoms with Crippen molar-refractivity contribution in [2.45, 2.75) is 6.04 Å². The molecular formula is C12H14Cl2N2O3S. The molecule has 0 aliphatic carbocycles. The van der Waals surface area contributed by atoms with Gasteiger partial charge in [0.1, 0.15) is 6.04 Å². The van der Waals surface area contributed by atoms with Crippen LogP contribution in [-0.2, 0) is 14.3 Å². The summed E-state index contributed by atoms with van der Waals surface area (Å²) in [5.41, 5.74) is 5.92. The van der Waals surface area contributed by atoms with Gasteiger partial charge in [-0.15, -0.1) is 11.8 Å². The Kier molecular flexibility index (Phi) is 7.15. The Hall–Kier alpha value is -0.950. The van der Waals surface area contributed by atoms with Gasteiger partial charge in [0.2, 0.25) is 5.91 Å². The number of thioether (sulfide) groups is 1. The van der Waals surface area contributed by atoms with E-state index < -0.39 is 12.0 Å². The fraction of sp³-hybridized carbons (Fsp3) is 0.333. The van der Waals surface area contributed by atoms with Gasteiger partial charge in [-0.05, 0) is 12.1 Å². The zero-order valence-corrected chi connectivity index (χ0v) is 13.0. The maximum absolute atomic E-state index is 11.7. The fourth-order valence-electron chi connectivity index (χ4n) is 1.29. The van der Waals surface area contributed by atoms with Gasteiger partial charge in [0.05, 0.1) is 28.6 Å². The Labute approximate surface area is 131 Å². The van der Waals surface area contributed by atoms with Gasteiger partial charge in [-0.25, -0.2) is 0 Å². The van der Waals surface area contributed by atoms with Crippen LogP contribution in [0.1, 0.15) is 0 Å². The SMILES string of the molecule is COC(=O)C(N)CSCC(=O)Nc1c(Cl)cccc1Cl. The highest BCUT2D eigenvalue weighted by Gasteiger charge is 2.15. The number of methoxy groups -OCH3 is 1. The number of hydrogen-bond donors (Lipinski definition) is 2. The van der Waals surface area contributed by atoms with E-state index in [2.05, 4.69) is 10.1 Å². The summed E-state index contributed by atoms with van der Waals surface area (Å²) in [5, 5.41) is 3.34. The van der Waals surface area contributed by atoms with Crippen LogP contribution >= 0.6 is 35.0 Å². The first-order valence-electron chi connectivity index (χ1n) is 5.60. The fourth-order valence-corrected chi connectivity index (χ4v) is 2.55. The predicted molar refractivity (Wildman–Crippen MR) is 82.4 cm³/mol. The van der Waals surface area contributed by atoms with E-state index in [4.69, 9.17) is 28.9 Å². The second-order valence-electron chi connectivity index (χ2n) is 3.79. The maximum Gasteiger partial charge on any atom is 0.323 e. The molecule has 0 spiro atoms. The molecule has 0 saturated heterocycles. The van der Waals surface area contributed by atoms with E-state index in [1.165, 1.54) is 18.9 Å². The summed E-state index contributed by atoms with van der Waals surface area (Å²) in [6.45, 7) is 0. The molecular weight excluding hydrogens is 323 g/mol. The van der Waals surface area contributed by atoms with Crippen molar-refractivity contribution in [3.63, 3.8) is 0 Å². The molecule has 5 nitrogen and oxygen atoms in total. The number of carbonyl (C=O) groups excluding carboxylic acids is 2. The van der Waals surface area contributed by atoms with Gasteiger partial charge >= 0.3 is 5.97 Å². The van der Waals surface area contributed by atoms with Gasteiger partial charge in [0.25, 0.3) is 0 Å². The number of ether oxygens (including phenoxy) is 1. The molecule has 1 aromatic rings. The lowest BCUT2D eigenvalue weighted by Crippen LogP contribution is -2.34. The standard InChI is InChI=1S/C12H14Cl2N2O3S/c1-19-12(18)9(15)5-20-6-10(17)16-11-7(13)3-2-4-8(11)14/h2-4,9H,5-6,15H2,1H3,(H,16,17). The summed E-state index contributed by atoms with van der Waals surface area (Å²) >= 11 is 13.1. The number of nitrogens with two attached hydrogens (primary N) is 1. The van der Waals surface area contributed by atoms with Crippen LogP contribution in [0.25, 0.3) is 0 Å². The number of para-hydroxylation sites is 1. The lowest BCUT2D eigenvalue weighted by molar-refractivity contribution is -0.141. The van der Waals surface area contributed by atoms with E-state index in [0.29, 0.717) is 15.7 Å². The van der Waals surface area contributed by atoms with Gasteiger partial charge in [-0.1, -0.05) is 29.3 Å². The van der Waals surface area contributed by atoms with Crippen molar-refractivity contribution in [1.29, 1.82) is 0 Å². The summed E-state index contributed by atoms with van der Waals surface area (Å²) in [5.74, 6) is -0.364. The summed E-state index contributed by atoms with van der Waals surface area (Å²) in [6.07, 6.45) is 0. The maximum atomic E-state index is 11.7. The first-order valence-corrected chi connectivity index (χ1v) is 7.51. The Morgan fingerprint density at radius 1 is 1.40 bits per heavy atom. The first-order chi connectivity index (χ1) is 9.45. The quantitative estimate of drug-likeness (QED) is 0.778. The highest BCUT2D eigenvalue weighted by atomic mass is 35.5. The van der Waals surface area contributed by atoms with Crippen LogP contribution in [0.2, 0.25) is 10.0 Å². The molecule has 0 bridgehead atoms. The zero-order chi connectivity index (χ0) is 15.1. The molecule has 1 amide bonds. The molecule has 0 fully saturated rings. The lowest BCUT2D eigenvalue weighted by atomic mass is 10.3. The molecule has 0 saturated carbocycles. The average molecular weight is 337 g/mol. The minimum absolute atomic E-state index is 0.131. The molecule has 0 aliphatic rings. The van der Waals surface area contributed by atoms with Crippen LogP contribution in [-0.4, -0.2) is 36.5 Å². The third-order valence-electron chi connectivity index (χ3n) is 2.26. The van der Waals surface area contributed by atoms with Crippen molar-refractivity contribution in [3.8, 4) is 0 Å². The van der Waals surface area contributed by atoms with Gasteiger partial charge in [-0.2, -0.15) is 0 Å². The highest BCUT2D eigenvalue weighted by Crippen LogP contribution is 2.29. The number of anilines is 1. The van der Waals surface area contributed by atoms with Crippen molar-refractivity contribution in [2.75, 3.05) is 23.9 Å². The molecule has 0 heterocycles. The molecule has 1 rings (SSSR count). The van der Waals surface area contributed by atoms with Crippen molar-refractivity contribution in [2.24, 2.45) is 5.73 Å². The van der Waals surface area contributed by atoms with Crippen LogP contribution in [0.5, 0.6) is 0 Å². The molecule has 0 radical (unpaired) electrons. The Morgan fingerprint density at radius 3 is 2.55 bits per heavy atom. The molecule has 1 atom stereocenters. The molecule has 0 aliphatic heterocycles. The van der Waals surface area contributed by atoms with Gasteiger partial charge in [0.15, 0.2) is 0 Å². The second-order valence-corrected chi connectivity index (χ2v) is 5.63. The van der Waals surface area contributed by atoms with E-state index in [0.717, 1.165) is 0 Å². The monoisotopic (exact) mass is 336 g/mol. The van der Waals surface area contributed by atoms with E-state index >= 15 is 0 Å². The van der Waals surface area contributed by atoms with Gasteiger partial charge < -0.3 is 15.8 Å². The molecule has 3 N–H and O–H groups in total. The zero-order valence-electron chi connectivity index (χ0n) is 10.7. The largest absolute Gasteiger partial charge is 0.468 e. The Bertz CT molecular complexity index is 479. The molecule has 20 heavy (non-hydrogen) atoms. The van der Waals surface area contributed by atoms with E-state index in [1.54, 1.807) is 18.2 Å². The van der Waals surface area contributed by atoms with Crippen LogP contribution in [0.3, 0.4) is 0 Å². The summed E-state index contributed by atoms with van der Waals surface area (Å²) in [4.78, 5) is 22.8. The van der Waals surface area contributed by atoms with Crippen molar-refractivity contribution in [3.05, 3.63) is 28.2 Å². The van der Waals surface area contributed by atoms with Gasteiger partial charge in [0, 0.05) is 5.75 Å². The molecule has 1 aromatic carbocycles. The number of halogens is 2. The van der Waals surface area contributed by atoms with Gasteiger partial charge in [-0.3, -0.25) is 9.59 Å². The smallest absolute Gasteiger partial charge is 0.323 e. The van der Waals surface area contributed by atoms with Crippen molar-refractivity contribution in [1.82, 2.24) is 0 Å². The normalized spacial score (nSPS) is 11.8. The Balaban J connectivity index is 2.43. The van der Waals surface area contributed by atoms with Crippen LogP contribution in [0, 0.1) is 0 Å². The molecule has 110 valence electrons. The average Bonchev–Trinajstić information content (AvgIpc) is 2.42. The van der Waals surface area contributed by atoms with Crippen molar-refractivity contribution < 1.29 is 14.3 Å².